The fraction of sp³-hybridized carbons (Fsp3) is 0.467. The first-order valence-corrected chi connectivity index (χ1v) is 16.4. The minimum atomic E-state index is -2.88. The molecule has 10 heteroatoms. The zero-order valence-corrected chi connectivity index (χ0v) is 25.0. The van der Waals surface area contributed by atoms with Crippen molar-refractivity contribution >= 4 is 32.3 Å². The molecule has 0 spiro atoms. The number of benzene rings is 2. The minimum Gasteiger partial charge on any atom is -0.488 e. The van der Waals surface area contributed by atoms with Crippen LogP contribution in [0.25, 0.3) is 11.3 Å². The summed E-state index contributed by atoms with van der Waals surface area (Å²) in [6.45, 7) is 9.67. The van der Waals surface area contributed by atoms with Gasteiger partial charge in [0, 0.05) is 43.7 Å². The number of aryl methyl sites for hydroxylation is 2. The number of carboxylic acid groups (broad SMARTS) is 1. The van der Waals surface area contributed by atoms with Crippen molar-refractivity contribution in [3.63, 3.8) is 0 Å². The van der Waals surface area contributed by atoms with E-state index in [4.69, 9.17) is 9.72 Å². The van der Waals surface area contributed by atoms with Gasteiger partial charge in [-0.05, 0) is 62.4 Å². The number of carbonyl (C=O) groups is 1. The van der Waals surface area contributed by atoms with Crippen LogP contribution in [0.1, 0.15) is 42.0 Å². The number of rotatable bonds is 8. The van der Waals surface area contributed by atoms with Crippen LogP contribution in [0.3, 0.4) is 0 Å². The number of aliphatic carboxylic acids is 1. The molecule has 3 heterocycles. The molecule has 0 atom stereocenters. The minimum absolute atomic E-state index is 0.236. The zero-order valence-electron chi connectivity index (χ0n) is 23.4. The number of ether oxygens (including phenoxy) is 1. The fourth-order valence-corrected chi connectivity index (χ4v) is 7.41. The molecule has 2 saturated heterocycles. The number of anilines is 1. The van der Waals surface area contributed by atoms with Crippen molar-refractivity contribution in [2.75, 3.05) is 42.6 Å². The van der Waals surface area contributed by atoms with E-state index in [1.165, 1.54) is 5.56 Å². The maximum Gasteiger partial charge on any atom is 0.309 e. The van der Waals surface area contributed by atoms with E-state index in [1.807, 2.05) is 24.4 Å². The Labute approximate surface area is 240 Å². The first-order chi connectivity index (χ1) is 19.0. The first kappa shape index (κ1) is 28.6. The monoisotopic (exact) mass is 583 g/mol. The van der Waals surface area contributed by atoms with Gasteiger partial charge in [-0.1, -0.05) is 29.8 Å². The third kappa shape index (κ3) is 6.50. The van der Waals surface area contributed by atoms with Crippen molar-refractivity contribution in [1.29, 1.82) is 0 Å². The quantitative estimate of drug-likeness (QED) is 0.399. The van der Waals surface area contributed by atoms with Crippen LogP contribution < -0.4 is 9.64 Å². The topological polar surface area (TPSA) is 100 Å². The van der Waals surface area contributed by atoms with Gasteiger partial charge in [-0.3, -0.25) is 9.69 Å². The highest BCUT2D eigenvalue weighted by Crippen LogP contribution is 2.38. The maximum absolute atomic E-state index is 11.7. The Morgan fingerprint density at radius 2 is 1.80 bits per heavy atom. The van der Waals surface area contributed by atoms with Gasteiger partial charge in [-0.25, -0.2) is 13.4 Å². The van der Waals surface area contributed by atoms with Crippen molar-refractivity contribution in [2.24, 2.45) is 5.41 Å². The molecule has 1 aromatic heterocycles. The average Bonchev–Trinajstić information content (AvgIpc) is 3.40. The molecular formula is C30H37N3O5S2. The molecule has 0 saturated carbocycles. The second kappa shape index (κ2) is 11.5. The highest BCUT2D eigenvalue weighted by molar-refractivity contribution is 7.91. The van der Waals surface area contributed by atoms with Gasteiger partial charge in [0.15, 0.2) is 15.0 Å². The van der Waals surface area contributed by atoms with E-state index in [1.54, 1.807) is 11.3 Å². The Morgan fingerprint density at radius 1 is 1.07 bits per heavy atom. The Bertz CT molecular complexity index is 1480. The second-order valence-corrected chi connectivity index (χ2v) is 14.5. The predicted molar refractivity (Wildman–Crippen MR) is 159 cm³/mol. The van der Waals surface area contributed by atoms with Gasteiger partial charge in [-0.15, -0.1) is 11.3 Å². The summed E-state index contributed by atoms with van der Waals surface area (Å²) in [5, 5.41) is 12.5. The molecule has 2 aliphatic rings. The second-order valence-electron chi connectivity index (χ2n) is 11.3. The van der Waals surface area contributed by atoms with Gasteiger partial charge < -0.3 is 14.7 Å². The van der Waals surface area contributed by atoms with Gasteiger partial charge >= 0.3 is 5.97 Å². The summed E-state index contributed by atoms with van der Waals surface area (Å²) < 4.78 is 29.8. The molecule has 0 amide bonds. The Morgan fingerprint density at radius 3 is 2.48 bits per heavy atom. The van der Waals surface area contributed by atoms with Crippen molar-refractivity contribution in [1.82, 2.24) is 9.88 Å². The van der Waals surface area contributed by atoms with Gasteiger partial charge in [0.2, 0.25) is 0 Å². The Kier molecular flexibility index (Phi) is 8.22. The summed E-state index contributed by atoms with van der Waals surface area (Å²) in [7, 11) is -2.88. The molecule has 1 N–H and O–H groups in total. The van der Waals surface area contributed by atoms with E-state index < -0.39 is 21.2 Å². The summed E-state index contributed by atoms with van der Waals surface area (Å²) in [6, 6.07) is 12.5. The largest absolute Gasteiger partial charge is 0.488 e. The van der Waals surface area contributed by atoms with E-state index in [9.17, 15) is 18.3 Å². The van der Waals surface area contributed by atoms with E-state index in [0.717, 1.165) is 45.4 Å². The van der Waals surface area contributed by atoms with Crippen LogP contribution in [-0.2, 0) is 27.8 Å². The van der Waals surface area contributed by atoms with Crippen LogP contribution >= 0.6 is 11.3 Å². The number of carboxylic acids is 1. The third-order valence-corrected chi connectivity index (χ3v) is 10.7. The highest BCUT2D eigenvalue weighted by atomic mass is 32.2. The average molecular weight is 584 g/mol. The van der Waals surface area contributed by atoms with Crippen molar-refractivity contribution in [3.05, 3.63) is 64.0 Å². The van der Waals surface area contributed by atoms with Crippen LogP contribution in [0, 0.1) is 19.3 Å². The van der Waals surface area contributed by atoms with Crippen LogP contribution in [0.4, 0.5) is 5.13 Å². The molecule has 0 unspecified atom stereocenters. The van der Waals surface area contributed by atoms with Crippen LogP contribution in [0.2, 0.25) is 0 Å². The van der Waals surface area contributed by atoms with E-state index in [-0.39, 0.29) is 11.5 Å². The van der Waals surface area contributed by atoms with Gasteiger partial charge in [0.05, 0.1) is 22.6 Å². The normalized spacial score (nSPS) is 18.9. The molecule has 2 aromatic carbocycles. The van der Waals surface area contributed by atoms with E-state index >= 15 is 0 Å². The molecule has 5 rings (SSSR count). The van der Waals surface area contributed by atoms with Crippen LogP contribution in [0.5, 0.6) is 5.75 Å². The fourth-order valence-electron chi connectivity index (χ4n) is 5.25. The number of sulfone groups is 1. The summed E-state index contributed by atoms with van der Waals surface area (Å²) >= 11 is 1.58. The molecule has 0 aliphatic carbocycles. The Balaban J connectivity index is 1.25. The molecular weight excluding hydrogens is 546 g/mol. The van der Waals surface area contributed by atoms with Crippen LogP contribution in [0.15, 0.2) is 41.8 Å². The third-order valence-electron chi connectivity index (χ3n) is 8.19. The molecule has 214 valence electrons. The van der Waals surface area contributed by atoms with Gasteiger partial charge in [0.25, 0.3) is 0 Å². The lowest BCUT2D eigenvalue weighted by molar-refractivity contribution is -0.149. The number of piperidine rings is 1. The van der Waals surface area contributed by atoms with Gasteiger partial charge in [-0.2, -0.15) is 0 Å². The summed E-state index contributed by atoms with van der Waals surface area (Å²) in [6.07, 6.45) is 1.21. The molecule has 8 nitrogen and oxygen atoms in total. The van der Waals surface area contributed by atoms with Crippen molar-refractivity contribution < 1.29 is 23.1 Å². The predicted octanol–water partition coefficient (Wildman–Crippen LogP) is 4.93. The smallest absolute Gasteiger partial charge is 0.309 e. The van der Waals surface area contributed by atoms with Gasteiger partial charge in [0.1, 0.15) is 12.4 Å². The molecule has 0 bridgehead atoms. The molecule has 3 aromatic rings. The lowest BCUT2D eigenvalue weighted by Crippen LogP contribution is -2.42. The maximum atomic E-state index is 11.7. The molecule has 2 fully saturated rings. The molecule has 0 radical (unpaired) electrons. The SMILES string of the molecule is Cc1ccc(OCc2ccc(CN3CCS(=O)(=O)CC3)cc2C)c(-c2csc(N3CCC(C)(C(=O)O)CC3)n2)c1. The lowest BCUT2D eigenvalue weighted by Gasteiger charge is -2.36. The number of aromatic nitrogens is 1. The summed E-state index contributed by atoms with van der Waals surface area (Å²) in [5.41, 5.74) is 5.69. The lowest BCUT2D eigenvalue weighted by atomic mass is 9.81. The standard InChI is InChI=1S/C30H37N3O5S2/c1-21-4-7-27(25(16-21)26-20-39-29(31-26)33-10-8-30(3,9-11-33)28(34)35)38-19-24-6-5-23(17-22(24)2)18-32-12-14-40(36,37)15-13-32/h4-7,16-17,20H,8-15,18-19H2,1-3H3,(H,34,35). The number of hydrogen-bond acceptors (Lipinski definition) is 8. The summed E-state index contributed by atoms with van der Waals surface area (Å²) in [4.78, 5) is 20.9. The van der Waals surface area contributed by atoms with E-state index in [0.29, 0.717) is 45.6 Å². The van der Waals surface area contributed by atoms with Crippen molar-refractivity contribution in [2.45, 2.75) is 46.8 Å². The number of hydrogen-bond donors (Lipinski definition) is 1. The summed E-state index contributed by atoms with van der Waals surface area (Å²) in [5.74, 6) is 0.523. The Hall–Kier alpha value is -2.95. The highest BCUT2D eigenvalue weighted by Gasteiger charge is 2.37. The van der Waals surface area contributed by atoms with E-state index in [2.05, 4.69) is 47.9 Å². The molecule has 40 heavy (non-hydrogen) atoms. The van der Waals surface area contributed by atoms with Crippen LogP contribution in [-0.4, -0.2) is 67.1 Å². The number of thiazole rings is 1. The zero-order chi connectivity index (χ0) is 28.5. The number of nitrogens with zero attached hydrogens (tertiary/aromatic N) is 3. The van der Waals surface area contributed by atoms with Crippen molar-refractivity contribution in [3.8, 4) is 17.0 Å². The molecule has 2 aliphatic heterocycles. The first-order valence-electron chi connectivity index (χ1n) is 13.7.